The van der Waals surface area contributed by atoms with Gasteiger partial charge < -0.3 is 0 Å². The number of pyridine rings is 1. The van der Waals surface area contributed by atoms with Crippen LogP contribution >= 0.6 is 11.8 Å². The summed E-state index contributed by atoms with van der Waals surface area (Å²) in [6, 6.07) is 7.02. The standard InChI is InChI=1S/C19H22N4O3S2/c1-12-8-14(3)16(9-13(12)2)17(24)11-27-19-21-20-18-7-6-15(10-23(18)19)28(25,26)22(4)5/h6-10H,11H2,1-5H3. The van der Waals surface area contributed by atoms with E-state index in [-0.39, 0.29) is 16.4 Å². The highest BCUT2D eigenvalue weighted by molar-refractivity contribution is 7.99. The van der Waals surface area contributed by atoms with Crippen molar-refractivity contribution < 1.29 is 13.2 Å². The maximum Gasteiger partial charge on any atom is 0.244 e. The fourth-order valence-corrected chi connectivity index (χ4v) is 4.48. The number of carbonyl (C=O) groups is 1. The average Bonchev–Trinajstić information content (AvgIpc) is 3.04. The van der Waals surface area contributed by atoms with E-state index in [0.29, 0.717) is 16.4 Å². The Balaban J connectivity index is 1.87. The molecule has 0 amide bonds. The van der Waals surface area contributed by atoms with E-state index in [2.05, 4.69) is 10.2 Å². The van der Waals surface area contributed by atoms with Gasteiger partial charge in [0.2, 0.25) is 10.0 Å². The van der Waals surface area contributed by atoms with Gasteiger partial charge in [0.25, 0.3) is 0 Å². The first-order valence-electron chi connectivity index (χ1n) is 8.62. The Hall–Kier alpha value is -2.23. The summed E-state index contributed by atoms with van der Waals surface area (Å²) in [4.78, 5) is 12.8. The Morgan fingerprint density at radius 1 is 1.07 bits per heavy atom. The molecule has 7 nitrogen and oxygen atoms in total. The molecule has 0 saturated carbocycles. The van der Waals surface area contributed by atoms with E-state index in [9.17, 15) is 13.2 Å². The molecule has 0 fully saturated rings. The zero-order valence-electron chi connectivity index (χ0n) is 16.4. The fraction of sp³-hybridized carbons (Fsp3) is 0.316. The molecule has 0 atom stereocenters. The van der Waals surface area contributed by atoms with Crippen LogP contribution in [0.1, 0.15) is 27.0 Å². The number of aromatic nitrogens is 3. The molecule has 0 unspecified atom stereocenters. The Morgan fingerprint density at radius 3 is 2.43 bits per heavy atom. The summed E-state index contributed by atoms with van der Waals surface area (Å²) in [7, 11) is -0.615. The zero-order chi connectivity index (χ0) is 20.6. The zero-order valence-corrected chi connectivity index (χ0v) is 18.1. The normalized spacial score (nSPS) is 12.1. The largest absolute Gasteiger partial charge is 0.293 e. The van der Waals surface area contributed by atoms with Gasteiger partial charge in [-0.3, -0.25) is 9.20 Å². The molecule has 0 N–H and O–H groups in total. The first kappa shape index (κ1) is 20.5. The molecule has 0 bridgehead atoms. The maximum atomic E-state index is 12.7. The molecule has 0 saturated heterocycles. The minimum absolute atomic E-state index is 0.000539. The van der Waals surface area contributed by atoms with Crippen LogP contribution in [0.15, 0.2) is 40.5 Å². The van der Waals surface area contributed by atoms with Gasteiger partial charge in [0.05, 0.1) is 10.6 Å². The van der Waals surface area contributed by atoms with Gasteiger partial charge in [-0.15, -0.1) is 10.2 Å². The quantitative estimate of drug-likeness (QED) is 0.452. The van der Waals surface area contributed by atoms with Crippen molar-refractivity contribution in [2.45, 2.75) is 30.8 Å². The minimum Gasteiger partial charge on any atom is -0.293 e. The van der Waals surface area contributed by atoms with E-state index >= 15 is 0 Å². The van der Waals surface area contributed by atoms with Gasteiger partial charge in [-0.25, -0.2) is 12.7 Å². The topological polar surface area (TPSA) is 84.6 Å². The molecule has 2 aromatic heterocycles. The smallest absolute Gasteiger partial charge is 0.244 e. The molecule has 0 spiro atoms. The van der Waals surface area contributed by atoms with Crippen LogP contribution in [0.3, 0.4) is 0 Å². The average molecular weight is 419 g/mol. The number of carbonyl (C=O) groups excluding carboxylic acids is 1. The van der Waals surface area contributed by atoms with Crippen LogP contribution in [0, 0.1) is 20.8 Å². The van der Waals surface area contributed by atoms with Gasteiger partial charge in [0.15, 0.2) is 16.6 Å². The summed E-state index contributed by atoms with van der Waals surface area (Å²) < 4.78 is 27.5. The van der Waals surface area contributed by atoms with Crippen LogP contribution in [0.2, 0.25) is 0 Å². The third kappa shape index (κ3) is 3.82. The molecule has 0 radical (unpaired) electrons. The van der Waals surface area contributed by atoms with Gasteiger partial charge in [0, 0.05) is 25.9 Å². The molecule has 28 heavy (non-hydrogen) atoms. The van der Waals surface area contributed by atoms with Gasteiger partial charge in [-0.1, -0.05) is 17.8 Å². The Kier molecular flexibility index (Phi) is 5.60. The van der Waals surface area contributed by atoms with E-state index in [1.165, 1.54) is 38.1 Å². The minimum atomic E-state index is -3.57. The molecule has 9 heteroatoms. The fourth-order valence-electron chi connectivity index (χ4n) is 2.78. The summed E-state index contributed by atoms with van der Waals surface area (Å²) in [5.74, 6) is 0.189. The number of rotatable bonds is 6. The number of ketones is 1. The van der Waals surface area contributed by atoms with Crippen LogP contribution in [0.25, 0.3) is 5.65 Å². The van der Waals surface area contributed by atoms with Gasteiger partial charge in [0.1, 0.15) is 0 Å². The lowest BCUT2D eigenvalue weighted by molar-refractivity contribution is 0.102. The van der Waals surface area contributed by atoms with Crippen molar-refractivity contribution in [1.82, 2.24) is 18.9 Å². The van der Waals surface area contributed by atoms with Gasteiger partial charge >= 0.3 is 0 Å². The lowest BCUT2D eigenvalue weighted by Gasteiger charge is -2.11. The molecule has 2 heterocycles. The van der Waals surface area contributed by atoms with E-state index in [1.54, 1.807) is 10.5 Å². The summed E-state index contributed by atoms with van der Waals surface area (Å²) >= 11 is 1.24. The van der Waals surface area contributed by atoms with Crippen LogP contribution in [0.4, 0.5) is 0 Å². The molecule has 0 aliphatic heterocycles. The van der Waals surface area contributed by atoms with E-state index in [1.807, 2.05) is 32.9 Å². The summed E-state index contributed by atoms with van der Waals surface area (Å²) in [5, 5.41) is 8.62. The molecule has 3 rings (SSSR count). The third-order valence-corrected chi connectivity index (χ3v) is 7.34. The SMILES string of the molecule is Cc1cc(C)c(C(=O)CSc2nnc3ccc(S(=O)(=O)N(C)C)cn23)cc1C. The number of sulfonamides is 1. The Labute approximate surface area is 168 Å². The predicted octanol–water partition coefficient (Wildman–Crippen LogP) is 2.88. The molecule has 1 aromatic carbocycles. The molecule has 148 valence electrons. The second-order valence-electron chi connectivity index (χ2n) is 6.83. The lowest BCUT2D eigenvalue weighted by atomic mass is 9.99. The van der Waals surface area contributed by atoms with Crippen LogP contribution < -0.4 is 0 Å². The Bertz CT molecular complexity index is 1170. The van der Waals surface area contributed by atoms with Crippen molar-refractivity contribution in [1.29, 1.82) is 0 Å². The van der Waals surface area contributed by atoms with E-state index in [0.717, 1.165) is 21.0 Å². The summed E-state index contributed by atoms with van der Waals surface area (Å²) in [6.45, 7) is 5.93. The molecular formula is C19H22N4O3S2. The van der Waals surface area contributed by atoms with E-state index < -0.39 is 10.0 Å². The number of nitrogens with zero attached hydrogens (tertiary/aromatic N) is 4. The lowest BCUT2D eigenvalue weighted by Crippen LogP contribution is -2.22. The van der Waals surface area contributed by atoms with Crippen LogP contribution in [-0.4, -0.2) is 53.0 Å². The van der Waals surface area contributed by atoms with Gasteiger partial charge in [-0.05, 0) is 55.7 Å². The number of aryl methyl sites for hydroxylation is 3. The second kappa shape index (κ2) is 7.65. The van der Waals surface area contributed by atoms with Crippen molar-refractivity contribution in [3.63, 3.8) is 0 Å². The first-order valence-corrected chi connectivity index (χ1v) is 11.0. The van der Waals surface area contributed by atoms with Crippen LogP contribution in [0.5, 0.6) is 0 Å². The Morgan fingerprint density at radius 2 is 1.75 bits per heavy atom. The first-order chi connectivity index (χ1) is 13.1. The molecule has 3 aromatic rings. The van der Waals surface area contributed by atoms with Crippen molar-refractivity contribution in [3.8, 4) is 0 Å². The maximum absolute atomic E-state index is 12.7. The number of hydrogen-bond acceptors (Lipinski definition) is 6. The summed E-state index contributed by atoms with van der Waals surface area (Å²) in [5.41, 5.74) is 4.39. The number of Topliss-reactive ketones (excluding diaryl/α,β-unsaturated/α-hetero) is 1. The highest BCUT2D eigenvalue weighted by atomic mass is 32.2. The molecule has 0 aliphatic rings. The summed E-state index contributed by atoms with van der Waals surface area (Å²) in [6.07, 6.45) is 1.48. The highest BCUT2D eigenvalue weighted by Crippen LogP contribution is 2.23. The highest BCUT2D eigenvalue weighted by Gasteiger charge is 2.19. The number of thioether (sulfide) groups is 1. The van der Waals surface area contributed by atoms with Crippen molar-refractivity contribution in [2.75, 3.05) is 19.8 Å². The molecule has 0 aliphatic carbocycles. The van der Waals surface area contributed by atoms with Crippen molar-refractivity contribution in [2.24, 2.45) is 0 Å². The monoisotopic (exact) mass is 418 g/mol. The van der Waals surface area contributed by atoms with Crippen molar-refractivity contribution >= 4 is 33.2 Å². The number of hydrogen-bond donors (Lipinski definition) is 0. The van der Waals surface area contributed by atoms with Gasteiger partial charge in [-0.2, -0.15) is 0 Å². The number of fused-ring (bicyclic) bond motifs is 1. The predicted molar refractivity (Wildman–Crippen MR) is 110 cm³/mol. The number of benzene rings is 1. The third-order valence-electron chi connectivity index (χ3n) is 4.60. The molecular weight excluding hydrogens is 396 g/mol. The second-order valence-corrected chi connectivity index (χ2v) is 9.92. The van der Waals surface area contributed by atoms with Crippen molar-refractivity contribution in [3.05, 3.63) is 52.7 Å². The van der Waals surface area contributed by atoms with E-state index in [4.69, 9.17) is 0 Å². The van der Waals surface area contributed by atoms with Crippen LogP contribution in [-0.2, 0) is 10.0 Å².